The molecule has 0 aliphatic heterocycles. The molecule has 0 N–H and O–H groups in total. The van der Waals surface area contributed by atoms with E-state index in [0.29, 0.717) is 5.52 Å². The van der Waals surface area contributed by atoms with E-state index in [1.165, 1.54) is 17.4 Å². The molecule has 0 aliphatic carbocycles. The van der Waals surface area contributed by atoms with Gasteiger partial charge in [0.05, 0.1) is 10.2 Å². The fourth-order valence-corrected chi connectivity index (χ4v) is 1.54. The molecule has 1 aromatic carbocycles. The minimum Gasteiger partial charge on any atom is -0.242 e. The van der Waals surface area contributed by atoms with Crippen molar-refractivity contribution in [2.75, 3.05) is 0 Å². The number of benzene rings is 1. The maximum Gasteiger partial charge on any atom is 0.150 e. The number of nitrogens with zero attached hydrogens (tertiary/aromatic N) is 1. The predicted octanol–water partition coefficient (Wildman–Crippen LogP) is 3.46. The van der Waals surface area contributed by atoms with Gasteiger partial charge in [0.15, 0.2) is 0 Å². The molecular weight excluding hydrogens is 173 g/mol. The summed E-state index contributed by atoms with van der Waals surface area (Å²) in [5, 5.41) is 0. The van der Waals surface area contributed by atoms with Crippen LogP contribution in [0.1, 0.15) is 13.8 Å². The Bertz CT molecular complexity index is 356. The summed E-state index contributed by atoms with van der Waals surface area (Å²) in [6, 6.07) is 4.97. The Hall–Kier alpha value is -0.960. The molecule has 0 radical (unpaired) electrons. The van der Waals surface area contributed by atoms with Crippen LogP contribution in [-0.2, 0) is 0 Å². The second-order valence-electron chi connectivity index (χ2n) is 1.94. The van der Waals surface area contributed by atoms with Gasteiger partial charge < -0.3 is 0 Å². The van der Waals surface area contributed by atoms with Crippen LogP contribution < -0.4 is 0 Å². The highest BCUT2D eigenvalue weighted by molar-refractivity contribution is 7.16. The fraction of sp³-hybridized carbons (Fsp3) is 0.222. The molecule has 0 fully saturated rings. The van der Waals surface area contributed by atoms with Crippen molar-refractivity contribution in [2.45, 2.75) is 13.8 Å². The first-order chi connectivity index (χ1) is 5.88. The average molecular weight is 183 g/mol. The minimum atomic E-state index is -0.237. The van der Waals surface area contributed by atoms with E-state index in [9.17, 15) is 4.39 Å². The smallest absolute Gasteiger partial charge is 0.150 e. The van der Waals surface area contributed by atoms with E-state index < -0.39 is 0 Å². The van der Waals surface area contributed by atoms with Crippen molar-refractivity contribution in [1.29, 1.82) is 0 Å². The lowest BCUT2D eigenvalue weighted by Gasteiger charge is -1.86. The topological polar surface area (TPSA) is 12.9 Å². The van der Waals surface area contributed by atoms with Gasteiger partial charge in [-0.2, -0.15) is 0 Å². The molecule has 0 unspecified atom stereocenters. The zero-order valence-electron chi connectivity index (χ0n) is 7.04. The van der Waals surface area contributed by atoms with Crippen molar-refractivity contribution in [3.8, 4) is 0 Å². The van der Waals surface area contributed by atoms with Crippen molar-refractivity contribution in [2.24, 2.45) is 0 Å². The molecule has 0 saturated heterocycles. The standard InChI is InChI=1S/C7H4FNS.C2H6/c8-5-2-1-3-6-7(5)9-4-10-6;1-2/h1-4H;1-2H3. The Balaban J connectivity index is 0.000000336. The van der Waals surface area contributed by atoms with E-state index >= 15 is 0 Å². The monoisotopic (exact) mass is 183 g/mol. The second kappa shape index (κ2) is 4.16. The van der Waals surface area contributed by atoms with Gasteiger partial charge in [-0.1, -0.05) is 19.9 Å². The Kier molecular flexibility index (Phi) is 3.17. The number of rotatable bonds is 0. The third-order valence-electron chi connectivity index (χ3n) is 1.31. The molecule has 0 aliphatic rings. The van der Waals surface area contributed by atoms with Gasteiger partial charge in [0.1, 0.15) is 11.3 Å². The van der Waals surface area contributed by atoms with Crippen LogP contribution in [0.2, 0.25) is 0 Å². The van der Waals surface area contributed by atoms with E-state index in [0.717, 1.165) is 4.70 Å². The lowest BCUT2D eigenvalue weighted by Crippen LogP contribution is -1.73. The SMILES string of the molecule is CC.Fc1cccc2scnc12. The molecule has 3 heteroatoms. The molecule has 1 aromatic heterocycles. The Morgan fingerprint density at radius 1 is 1.33 bits per heavy atom. The van der Waals surface area contributed by atoms with Crippen molar-refractivity contribution < 1.29 is 4.39 Å². The highest BCUT2D eigenvalue weighted by Gasteiger charge is 1.99. The van der Waals surface area contributed by atoms with Crippen molar-refractivity contribution >= 4 is 21.6 Å². The number of halogens is 1. The van der Waals surface area contributed by atoms with Crippen LogP contribution >= 0.6 is 11.3 Å². The van der Waals surface area contributed by atoms with E-state index in [2.05, 4.69) is 4.98 Å². The quantitative estimate of drug-likeness (QED) is 0.609. The Labute approximate surface area is 74.9 Å². The van der Waals surface area contributed by atoms with Gasteiger partial charge >= 0.3 is 0 Å². The van der Waals surface area contributed by atoms with Gasteiger partial charge in [-0.05, 0) is 12.1 Å². The highest BCUT2D eigenvalue weighted by atomic mass is 32.1. The molecule has 1 nitrogen and oxygen atoms in total. The lowest BCUT2D eigenvalue weighted by atomic mass is 10.3. The van der Waals surface area contributed by atoms with Crippen LogP contribution in [0, 0.1) is 5.82 Å². The zero-order chi connectivity index (χ0) is 8.97. The summed E-state index contributed by atoms with van der Waals surface area (Å²) < 4.78 is 13.7. The summed E-state index contributed by atoms with van der Waals surface area (Å²) in [4.78, 5) is 3.86. The van der Waals surface area contributed by atoms with Gasteiger partial charge in [-0.15, -0.1) is 11.3 Å². The number of hydrogen-bond donors (Lipinski definition) is 0. The molecule has 0 atom stereocenters. The Morgan fingerprint density at radius 2 is 2.08 bits per heavy atom. The molecule has 0 saturated carbocycles. The first-order valence-corrected chi connectivity index (χ1v) is 4.73. The fourth-order valence-electron chi connectivity index (χ4n) is 0.852. The van der Waals surface area contributed by atoms with Gasteiger partial charge in [-0.25, -0.2) is 9.37 Å². The largest absolute Gasteiger partial charge is 0.242 e. The van der Waals surface area contributed by atoms with E-state index in [-0.39, 0.29) is 5.82 Å². The number of para-hydroxylation sites is 1. The van der Waals surface area contributed by atoms with Crippen LogP contribution in [-0.4, -0.2) is 4.98 Å². The highest BCUT2D eigenvalue weighted by Crippen LogP contribution is 2.19. The van der Waals surface area contributed by atoms with Crippen molar-refractivity contribution in [1.82, 2.24) is 4.98 Å². The first-order valence-electron chi connectivity index (χ1n) is 3.85. The van der Waals surface area contributed by atoms with Gasteiger partial charge in [0, 0.05) is 0 Å². The maximum absolute atomic E-state index is 12.8. The molecule has 2 rings (SSSR count). The van der Waals surface area contributed by atoms with Crippen LogP contribution in [0.25, 0.3) is 10.2 Å². The summed E-state index contributed by atoms with van der Waals surface area (Å²) >= 11 is 1.45. The predicted molar refractivity (Wildman–Crippen MR) is 50.9 cm³/mol. The first kappa shape index (κ1) is 9.13. The molecular formula is C9H10FNS. The summed E-state index contributed by atoms with van der Waals surface area (Å²) in [6.45, 7) is 4.00. The van der Waals surface area contributed by atoms with E-state index in [4.69, 9.17) is 0 Å². The van der Waals surface area contributed by atoms with Crippen molar-refractivity contribution in [3.05, 3.63) is 29.5 Å². The van der Waals surface area contributed by atoms with Crippen LogP contribution in [0.15, 0.2) is 23.7 Å². The number of fused-ring (bicyclic) bond motifs is 1. The van der Waals surface area contributed by atoms with Gasteiger partial charge in [-0.3, -0.25) is 0 Å². The number of hydrogen-bond acceptors (Lipinski definition) is 2. The van der Waals surface area contributed by atoms with Gasteiger partial charge in [0.2, 0.25) is 0 Å². The molecule has 1 heterocycles. The second-order valence-corrected chi connectivity index (χ2v) is 2.83. The number of aromatic nitrogens is 1. The zero-order valence-corrected chi connectivity index (χ0v) is 7.86. The molecule has 2 aromatic rings. The van der Waals surface area contributed by atoms with Gasteiger partial charge in [0.25, 0.3) is 0 Å². The maximum atomic E-state index is 12.8. The summed E-state index contributed by atoms with van der Waals surface area (Å²) in [7, 11) is 0. The third-order valence-corrected chi connectivity index (χ3v) is 2.11. The van der Waals surface area contributed by atoms with E-state index in [1.807, 2.05) is 19.9 Å². The lowest BCUT2D eigenvalue weighted by molar-refractivity contribution is 0.637. The third kappa shape index (κ3) is 1.61. The molecule has 64 valence electrons. The molecule has 0 spiro atoms. The average Bonchev–Trinajstić information content (AvgIpc) is 2.57. The Morgan fingerprint density at radius 3 is 2.75 bits per heavy atom. The van der Waals surface area contributed by atoms with Crippen LogP contribution in [0.3, 0.4) is 0 Å². The van der Waals surface area contributed by atoms with Crippen LogP contribution in [0.4, 0.5) is 4.39 Å². The van der Waals surface area contributed by atoms with E-state index in [1.54, 1.807) is 11.6 Å². The molecule has 12 heavy (non-hydrogen) atoms. The summed E-state index contributed by atoms with van der Waals surface area (Å²) in [6.07, 6.45) is 0. The van der Waals surface area contributed by atoms with Crippen LogP contribution in [0.5, 0.6) is 0 Å². The summed E-state index contributed by atoms with van der Waals surface area (Å²) in [5.74, 6) is -0.237. The summed E-state index contributed by atoms with van der Waals surface area (Å²) in [5.41, 5.74) is 2.13. The normalized spacial score (nSPS) is 9.25. The minimum absolute atomic E-state index is 0.237. The molecule has 0 bridgehead atoms. The van der Waals surface area contributed by atoms with Crippen molar-refractivity contribution in [3.63, 3.8) is 0 Å². The molecule has 0 amide bonds. The number of thiazole rings is 1.